The number of sulfonamides is 1. The van der Waals surface area contributed by atoms with Crippen LogP contribution >= 0.6 is 0 Å². The van der Waals surface area contributed by atoms with E-state index in [1.54, 1.807) is 12.1 Å². The Morgan fingerprint density at radius 3 is 2.58 bits per heavy atom. The summed E-state index contributed by atoms with van der Waals surface area (Å²) < 4.78 is 26.7. The summed E-state index contributed by atoms with van der Waals surface area (Å²) in [4.78, 5) is 24.2. The van der Waals surface area contributed by atoms with Gasteiger partial charge in [-0.05, 0) is 37.0 Å². The van der Waals surface area contributed by atoms with Gasteiger partial charge in [0.1, 0.15) is 6.04 Å². The highest BCUT2D eigenvalue weighted by molar-refractivity contribution is 7.89. The summed E-state index contributed by atoms with van der Waals surface area (Å²) in [5.74, 6) is -0.507. The van der Waals surface area contributed by atoms with Gasteiger partial charge in [-0.3, -0.25) is 9.59 Å². The Kier molecular flexibility index (Phi) is 7.13. The first-order valence-electron chi connectivity index (χ1n) is 8.71. The van der Waals surface area contributed by atoms with E-state index in [2.05, 4.69) is 15.4 Å². The lowest BCUT2D eigenvalue weighted by molar-refractivity contribution is -0.126. The lowest BCUT2D eigenvalue weighted by atomic mass is 9.97. The van der Waals surface area contributed by atoms with Gasteiger partial charge >= 0.3 is 0 Å². The monoisotopic (exact) mass is 382 g/mol. The summed E-state index contributed by atoms with van der Waals surface area (Å²) in [7, 11) is -3.69. The lowest BCUT2D eigenvalue weighted by Crippen LogP contribution is -2.47. The molecule has 8 nitrogen and oxygen atoms in total. The van der Waals surface area contributed by atoms with Gasteiger partial charge in [0.05, 0.1) is 4.90 Å². The molecule has 144 valence electrons. The summed E-state index contributed by atoms with van der Waals surface area (Å²) in [6.45, 7) is 1.70. The molecule has 0 heterocycles. The fourth-order valence-corrected chi connectivity index (χ4v) is 4.24. The van der Waals surface area contributed by atoms with Crippen molar-refractivity contribution in [3.8, 4) is 0 Å². The van der Waals surface area contributed by atoms with Gasteiger partial charge in [0.25, 0.3) is 0 Å². The van der Waals surface area contributed by atoms with E-state index in [1.165, 1.54) is 19.1 Å². The summed E-state index contributed by atoms with van der Waals surface area (Å²) in [6.07, 6.45) is 3.84. The molecule has 2 amide bonds. The highest BCUT2D eigenvalue weighted by Gasteiger charge is 2.31. The zero-order valence-electron chi connectivity index (χ0n) is 14.8. The quantitative estimate of drug-likeness (QED) is 0.522. The number of nitrogens with one attached hydrogen (secondary N) is 3. The van der Waals surface area contributed by atoms with Crippen molar-refractivity contribution in [2.45, 2.75) is 43.5 Å². The number of hydrogen-bond acceptors (Lipinski definition) is 5. The number of carbonyl (C=O) groups excluding carboxylic acids is 2. The van der Waals surface area contributed by atoms with Gasteiger partial charge in [-0.15, -0.1) is 0 Å². The van der Waals surface area contributed by atoms with Gasteiger partial charge in [-0.1, -0.05) is 18.9 Å². The highest BCUT2D eigenvalue weighted by Crippen LogP contribution is 2.28. The molecule has 2 rings (SSSR count). The number of rotatable bonds is 8. The summed E-state index contributed by atoms with van der Waals surface area (Å²) in [6, 6.07) is 5.37. The van der Waals surface area contributed by atoms with Crippen molar-refractivity contribution in [3.05, 3.63) is 24.3 Å². The summed E-state index contributed by atoms with van der Waals surface area (Å²) in [5.41, 5.74) is 5.68. The maximum atomic E-state index is 12.7. The SMILES string of the molecule is CC(=O)NC(C(=O)Nc1cccc(S(=O)(=O)NCCN)c1)C1CCCC1. The Labute approximate surface area is 154 Å². The summed E-state index contributed by atoms with van der Waals surface area (Å²) >= 11 is 0. The van der Waals surface area contributed by atoms with Crippen LogP contribution in [0.2, 0.25) is 0 Å². The molecule has 5 N–H and O–H groups in total. The average Bonchev–Trinajstić information content (AvgIpc) is 3.12. The van der Waals surface area contributed by atoms with E-state index in [0.717, 1.165) is 25.7 Å². The molecule has 1 fully saturated rings. The second-order valence-corrected chi connectivity index (χ2v) is 8.19. The van der Waals surface area contributed by atoms with Gasteiger partial charge in [0.2, 0.25) is 21.8 Å². The van der Waals surface area contributed by atoms with E-state index >= 15 is 0 Å². The van der Waals surface area contributed by atoms with Crippen LogP contribution in [0.15, 0.2) is 29.2 Å². The van der Waals surface area contributed by atoms with Crippen LogP contribution in [0, 0.1) is 5.92 Å². The van der Waals surface area contributed by atoms with Gasteiger partial charge in [0, 0.05) is 25.7 Å². The van der Waals surface area contributed by atoms with E-state index in [4.69, 9.17) is 5.73 Å². The van der Waals surface area contributed by atoms with Gasteiger partial charge < -0.3 is 16.4 Å². The topological polar surface area (TPSA) is 130 Å². The first-order chi connectivity index (χ1) is 12.3. The van der Waals surface area contributed by atoms with Gasteiger partial charge in [-0.2, -0.15) is 0 Å². The normalized spacial score (nSPS) is 16.2. The molecule has 0 aromatic heterocycles. The Bertz CT molecular complexity index is 745. The van der Waals surface area contributed by atoms with Crippen molar-refractivity contribution in [3.63, 3.8) is 0 Å². The van der Waals surface area contributed by atoms with Crippen LogP contribution in [0.3, 0.4) is 0 Å². The zero-order valence-corrected chi connectivity index (χ0v) is 15.6. The van der Waals surface area contributed by atoms with Crippen molar-refractivity contribution in [2.75, 3.05) is 18.4 Å². The van der Waals surface area contributed by atoms with E-state index < -0.39 is 16.1 Å². The van der Waals surface area contributed by atoms with Crippen molar-refractivity contribution >= 4 is 27.5 Å². The summed E-state index contributed by atoms with van der Waals surface area (Å²) in [5, 5.41) is 5.44. The molecule has 26 heavy (non-hydrogen) atoms. The van der Waals surface area contributed by atoms with Crippen LogP contribution in [0.4, 0.5) is 5.69 Å². The molecule has 9 heteroatoms. The van der Waals surface area contributed by atoms with Crippen LogP contribution in [0.25, 0.3) is 0 Å². The molecule has 1 aliphatic rings. The minimum atomic E-state index is -3.69. The number of benzene rings is 1. The fraction of sp³-hybridized carbons (Fsp3) is 0.529. The molecule has 1 saturated carbocycles. The van der Waals surface area contributed by atoms with Crippen molar-refractivity contribution in [1.82, 2.24) is 10.0 Å². The Balaban J connectivity index is 2.14. The number of anilines is 1. The first-order valence-corrected chi connectivity index (χ1v) is 10.2. The van der Waals surface area contributed by atoms with E-state index in [0.29, 0.717) is 5.69 Å². The molecule has 1 aliphatic carbocycles. The Hall–Kier alpha value is -1.97. The third-order valence-electron chi connectivity index (χ3n) is 4.36. The van der Waals surface area contributed by atoms with Crippen LogP contribution in [0.5, 0.6) is 0 Å². The lowest BCUT2D eigenvalue weighted by Gasteiger charge is -2.23. The van der Waals surface area contributed by atoms with E-state index in [-0.39, 0.29) is 35.7 Å². The third kappa shape index (κ3) is 5.52. The second-order valence-electron chi connectivity index (χ2n) is 6.43. The standard InChI is InChI=1S/C17H26N4O4S/c1-12(22)20-16(13-5-2-3-6-13)17(23)21-14-7-4-8-15(11-14)26(24,25)19-10-9-18/h4,7-8,11,13,16,19H,2-3,5-6,9-10,18H2,1H3,(H,20,22)(H,21,23). The fourth-order valence-electron chi connectivity index (χ4n) is 3.14. The maximum Gasteiger partial charge on any atom is 0.247 e. The zero-order chi connectivity index (χ0) is 19.2. The number of hydrogen-bond donors (Lipinski definition) is 4. The molecule has 0 saturated heterocycles. The molecule has 1 aromatic rings. The molecule has 1 atom stereocenters. The van der Waals surface area contributed by atoms with Crippen molar-refractivity contribution < 1.29 is 18.0 Å². The number of amides is 2. The Morgan fingerprint density at radius 1 is 1.27 bits per heavy atom. The van der Waals surface area contributed by atoms with E-state index in [9.17, 15) is 18.0 Å². The third-order valence-corrected chi connectivity index (χ3v) is 5.82. The van der Waals surface area contributed by atoms with Crippen LogP contribution < -0.4 is 21.1 Å². The van der Waals surface area contributed by atoms with Crippen LogP contribution in [-0.2, 0) is 19.6 Å². The average molecular weight is 382 g/mol. The van der Waals surface area contributed by atoms with Gasteiger partial charge in [-0.25, -0.2) is 13.1 Å². The van der Waals surface area contributed by atoms with Crippen molar-refractivity contribution in [2.24, 2.45) is 11.7 Å². The van der Waals surface area contributed by atoms with Crippen molar-refractivity contribution in [1.29, 1.82) is 0 Å². The molecule has 0 bridgehead atoms. The van der Waals surface area contributed by atoms with Crippen LogP contribution in [0.1, 0.15) is 32.6 Å². The van der Waals surface area contributed by atoms with Gasteiger partial charge in [0.15, 0.2) is 0 Å². The second kappa shape index (κ2) is 9.11. The maximum absolute atomic E-state index is 12.7. The largest absolute Gasteiger partial charge is 0.344 e. The molecule has 1 unspecified atom stereocenters. The minimum absolute atomic E-state index is 0.0423. The molecular formula is C17H26N4O4S. The highest BCUT2D eigenvalue weighted by atomic mass is 32.2. The van der Waals surface area contributed by atoms with E-state index in [1.807, 2.05) is 0 Å². The molecule has 1 aromatic carbocycles. The molecule has 0 aliphatic heterocycles. The number of nitrogens with two attached hydrogens (primary N) is 1. The minimum Gasteiger partial charge on any atom is -0.344 e. The smallest absolute Gasteiger partial charge is 0.247 e. The predicted octanol–water partition coefficient (Wildman–Crippen LogP) is 0.557. The number of carbonyl (C=O) groups is 2. The Morgan fingerprint density at radius 2 is 1.96 bits per heavy atom. The predicted molar refractivity (Wildman–Crippen MR) is 98.9 cm³/mol. The first kappa shape index (κ1) is 20.3. The van der Waals surface area contributed by atoms with Crippen LogP contribution in [-0.4, -0.2) is 39.4 Å². The molecule has 0 radical (unpaired) electrons. The molecule has 0 spiro atoms. The molecular weight excluding hydrogens is 356 g/mol.